The first-order chi connectivity index (χ1) is 10.3. The van der Waals surface area contributed by atoms with E-state index >= 15 is 0 Å². The zero-order valence-corrected chi connectivity index (χ0v) is 11.5. The molecule has 4 nitrogen and oxygen atoms in total. The molecule has 0 saturated heterocycles. The smallest absolute Gasteiger partial charge is 0.258 e. The number of carbonyl (C=O) groups excluding carboxylic acids is 1. The number of carbonyl (C=O) groups is 1. The third kappa shape index (κ3) is 2.00. The fourth-order valence-electron chi connectivity index (χ4n) is 2.89. The van der Waals surface area contributed by atoms with E-state index in [1.165, 1.54) is 12.0 Å². The lowest BCUT2D eigenvalue weighted by Gasteiger charge is -2.29. The SMILES string of the molecule is O=C(c1ccc2ncoc2c1)N1CCCc2ccccc21. The van der Waals surface area contributed by atoms with Crippen LogP contribution in [-0.2, 0) is 6.42 Å². The summed E-state index contributed by atoms with van der Waals surface area (Å²) < 4.78 is 5.28. The summed E-state index contributed by atoms with van der Waals surface area (Å²) in [6.45, 7) is 0.754. The monoisotopic (exact) mass is 278 g/mol. The van der Waals surface area contributed by atoms with Gasteiger partial charge in [0.15, 0.2) is 12.0 Å². The van der Waals surface area contributed by atoms with Crippen molar-refractivity contribution < 1.29 is 9.21 Å². The number of hydrogen-bond acceptors (Lipinski definition) is 3. The van der Waals surface area contributed by atoms with E-state index in [2.05, 4.69) is 11.1 Å². The van der Waals surface area contributed by atoms with Crippen LogP contribution >= 0.6 is 0 Å². The van der Waals surface area contributed by atoms with Crippen LogP contribution in [0.3, 0.4) is 0 Å². The lowest BCUT2D eigenvalue weighted by molar-refractivity contribution is 0.0985. The lowest BCUT2D eigenvalue weighted by atomic mass is 10.0. The lowest BCUT2D eigenvalue weighted by Crippen LogP contribution is -2.35. The van der Waals surface area contributed by atoms with Crippen LogP contribution in [0.4, 0.5) is 5.69 Å². The van der Waals surface area contributed by atoms with Crippen molar-refractivity contribution in [1.82, 2.24) is 4.98 Å². The molecule has 0 unspecified atom stereocenters. The second-order valence-electron chi connectivity index (χ2n) is 5.22. The van der Waals surface area contributed by atoms with E-state index in [0.29, 0.717) is 11.1 Å². The Labute approximate surface area is 122 Å². The van der Waals surface area contributed by atoms with E-state index in [1.54, 1.807) is 6.07 Å². The molecule has 1 aliphatic rings. The third-order valence-electron chi connectivity index (χ3n) is 3.93. The van der Waals surface area contributed by atoms with Gasteiger partial charge < -0.3 is 9.32 Å². The van der Waals surface area contributed by atoms with Crippen molar-refractivity contribution in [2.24, 2.45) is 0 Å². The molecule has 4 heteroatoms. The molecule has 0 atom stereocenters. The van der Waals surface area contributed by atoms with Gasteiger partial charge in [0.05, 0.1) is 0 Å². The number of nitrogens with zero attached hydrogens (tertiary/aromatic N) is 2. The van der Waals surface area contributed by atoms with E-state index in [-0.39, 0.29) is 5.91 Å². The summed E-state index contributed by atoms with van der Waals surface area (Å²) in [7, 11) is 0. The predicted octanol–water partition coefficient (Wildman–Crippen LogP) is 3.42. The van der Waals surface area contributed by atoms with Gasteiger partial charge in [-0.25, -0.2) is 4.98 Å². The van der Waals surface area contributed by atoms with E-state index in [4.69, 9.17) is 4.42 Å². The molecule has 0 aliphatic carbocycles. The van der Waals surface area contributed by atoms with E-state index in [1.807, 2.05) is 35.2 Å². The number of anilines is 1. The Bertz CT molecular complexity index is 822. The van der Waals surface area contributed by atoms with Crippen molar-refractivity contribution in [2.45, 2.75) is 12.8 Å². The van der Waals surface area contributed by atoms with Crippen molar-refractivity contribution in [3.05, 3.63) is 60.0 Å². The molecule has 0 saturated carbocycles. The molecule has 0 fully saturated rings. The van der Waals surface area contributed by atoms with Crippen LogP contribution in [0.2, 0.25) is 0 Å². The van der Waals surface area contributed by atoms with Gasteiger partial charge in [-0.1, -0.05) is 18.2 Å². The van der Waals surface area contributed by atoms with Gasteiger partial charge in [-0.05, 0) is 42.7 Å². The minimum Gasteiger partial charge on any atom is -0.443 e. The maximum Gasteiger partial charge on any atom is 0.258 e. The van der Waals surface area contributed by atoms with Gasteiger partial charge >= 0.3 is 0 Å². The van der Waals surface area contributed by atoms with Crippen molar-refractivity contribution >= 4 is 22.7 Å². The first-order valence-corrected chi connectivity index (χ1v) is 7.06. The molecule has 0 radical (unpaired) electrons. The molecule has 1 amide bonds. The van der Waals surface area contributed by atoms with Gasteiger partial charge in [0.25, 0.3) is 5.91 Å². The van der Waals surface area contributed by atoms with Crippen LogP contribution in [0.15, 0.2) is 53.3 Å². The molecular weight excluding hydrogens is 264 g/mol. The van der Waals surface area contributed by atoms with Crippen LogP contribution in [0.1, 0.15) is 22.3 Å². The van der Waals surface area contributed by atoms with Gasteiger partial charge in [-0.2, -0.15) is 0 Å². The average Bonchev–Trinajstić information content (AvgIpc) is 3.01. The zero-order chi connectivity index (χ0) is 14.2. The Kier molecular flexibility index (Phi) is 2.74. The van der Waals surface area contributed by atoms with Crippen LogP contribution < -0.4 is 4.90 Å². The number of fused-ring (bicyclic) bond motifs is 2. The normalized spacial score (nSPS) is 14.2. The standard InChI is InChI=1S/C17H14N2O2/c20-17(13-7-8-14-16(10-13)21-11-18-14)19-9-3-5-12-4-1-2-6-15(12)19/h1-2,4,6-8,10-11H,3,5,9H2. The van der Waals surface area contributed by atoms with Crippen molar-refractivity contribution in [2.75, 3.05) is 11.4 Å². The summed E-state index contributed by atoms with van der Waals surface area (Å²) >= 11 is 0. The quantitative estimate of drug-likeness (QED) is 0.685. The minimum absolute atomic E-state index is 0.0143. The summed E-state index contributed by atoms with van der Waals surface area (Å²) in [5, 5.41) is 0. The Morgan fingerprint density at radius 3 is 3.05 bits per heavy atom. The molecule has 1 aliphatic heterocycles. The molecule has 0 N–H and O–H groups in total. The van der Waals surface area contributed by atoms with E-state index < -0.39 is 0 Å². The fraction of sp³-hybridized carbons (Fsp3) is 0.176. The van der Waals surface area contributed by atoms with Gasteiger partial charge in [0.2, 0.25) is 0 Å². The van der Waals surface area contributed by atoms with E-state index in [0.717, 1.165) is 30.6 Å². The largest absolute Gasteiger partial charge is 0.443 e. The maximum atomic E-state index is 12.8. The topological polar surface area (TPSA) is 46.3 Å². The Balaban J connectivity index is 1.75. The summed E-state index contributed by atoms with van der Waals surface area (Å²) in [4.78, 5) is 18.7. The summed E-state index contributed by atoms with van der Waals surface area (Å²) in [6, 6.07) is 13.5. The van der Waals surface area contributed by atoms with Gasteiger partial charge in [0.1, 0.15) is 5.52 Å². The highest BCUT2D eigenvalue weighted by Crippen LogP contribution is 2.28. The number of aryl methyl sites for hydroxylation is 1. The van der Waals surface area contributed by atoms with Crippen LogP contribution in [0.5, 0.6) is 0 Å². The molecular formula is C17H14N2O2. The number of oxazole rings is 1. The molecule has 104 valence electrons. The average molecular weight is 278 g/mol. The molecule has 0 bridgehead atoms. The number of hydrogen-bond donors (Lipinski definition) is 0. The van der Waals surface area contributed by atoms with Crippen LogP contribution in [0, 0.1) is 0 Å². The predicted molar refractivity (Wildman–Crippen MR) is 80.4 cm³/mol. The number of amides is 1. The number of aromatic nitrogens is 1. The first kappa shape index (κ1) is 12.1. The number of para-hydroxylation sites is 1. The molecule has 4 rings (SSSR count). The number of benzene rings is 2. The van der Waals surface area contributed by atoms with Crippen LogP contribution in [0.25, 0.3) is 11.1 Å². The number of rotatable bonds is 1. The van der Waals surface area contributed by atoms with Gasteiger partial charge in [0, 0.05) is 17.8 Å². The highest BCUT2D eigenvalue weighted by atomic mass is 16.3. The van der Waals surface area contributed by atoms with Gasteiger partial charge in [-0.3, -0.25) is 4.79 Å². The summed E-state index contributed by atoms with van der Waals surface area (Å²) in [6.07, 6.45) is 3.42. The zero-order valence-electron chi connectivity index (χ0n) is 11.5. The maximum absolute atomic E-state index is 12.8. The second-order valence-corrected chi connectivity index (χ2v) is 5.22. The van der Waals surface area contributed by atoms with E-state index in [9.17, 15) is 4.79 Å². The Hall–Kier alpha value is -2.62. The molecule has 0 spiro atoms. The van der Waals surface area contributed by atoms with Crippen molar-refractivity contribution in [3.63, 3.8) is 0 Å². The molecule has 2 heterocycles. The Morgan fingerprint density at radius 2 is 2.10 bits per heavy atom. The molecule has 2 aromatic carbocycles. The van der Waals surface area contributed by atoms with Crippen LogP contribution in [-0.4, -0.2) is 17.4 Å². The highest BCUT2D eigenvalue weighted by molar-refractivity contribution is 6.08. The minimum atomic E-state index is 0.0143. The molecule has 21 heavy (non-hydrogen) atoms. The molecule has 3 aromatic rings. The second kappa shape index (κ2) is 4.74. The fourth-order valence-corrected chi connectivity index (χ4v) is 2.89. The Morgan fingerprint density at radius 1 is 1.19 bits per heavy atom. The van der Waals surface area contributed by atoms with Crippen molar-refractivity contribution in [1.29, 1.82) is 0 Å². The first-order valence-electron chi connectivity index (χ1n) is 7.06. The highest BCUT2D eigenvalue weighted by Gasteiger charge is 2.23. The summed E-state index contributed by atoms with van der Waals surface area (Å²) in [5.74, 6) is 0.0143. The van der Waals surface area contributed by atoms with Gasteiger partial charge in [-0.15, -0.1) is 0 Å². The van der Waals surface area contributed by atoms with Crippen molar-refractivity contribution in [3.8, 4) is 0 Å². The third-order valence-corrected chi connectivity index (χ3v) is 3.93. The summed E-state index contributed by atoms with van der Waals surface area (Å²) in [5.41, 5.74) is 4.30. The molecule has 1 aromatic heterocycles.